The lowest BCUT2D eigenvalue weighted by Crippen LogP contribution is -2.08. The number of benzene rings is 1. The molecule has 0 saturated carbocycles. The van der Waals surface area contributed by atoms with Gasteiger partial charge in [-0.2, -0.15) is 0 Å². The van der Waals surface area contributed by atoms with Crippen molar-refractivity contribution in [3.63, 3.8) is 0 Å². The second-order valence-electron chi connectivity index (χ2n) is 6.10. The maximum absolute atomic E-state index is 11.6. The maximum Gasteiger partial charge on any atom is 0.176 e. The van der Waals surface area contributed by atoms with Crippen molar-refractivity contribution in [1.82, 2.24) is 9.97 Å². The molecule has 1 aliphatic rings. The van der Waals surface area contributed by atoms with Gasteiger partial charge in [-0.05, 0) is 43.4 Å². The van der Waals surface area contributed by atoms with Gasteiger partial charge in [0.05, 0.1) is 9.92 Å². The lowest BCUT2D eigenvalue weighted by molar-refractivity contribution is 0.602. The minimum atomic E-state index is -3.31. The Morgan fingerprint density at radius 1 is 1.17 bits per heavy atom. The molecule has 1 heterocycles. The Kier molecular flexibility index (Phi) is 5.06. The summed E-state index contributed by atoms with van der Waals surface area (Å²) >= 11 is 6.10. The van der Waals surface area contributed by atoms with Crippen molar-refractivity contribution in [2.45, 2.75) is 43.5 Å². The highest BCUT2D eigenvalue weighted by Crippen LogP contribution is 2.26. The summed E-state index contributed by atoms with van der Waals surface area (Å²) in [6.45, 7) is 0.535. The molecule has 0 atom stereocenters. The zero-order valence-corrected chi connectivity index (χ0v) is 15.1. The molecule has 0 fully saturated rings. The van der Waals surface area contributed by atoms with Crippen LogP contribution in [0.25, 0.3) is 0 Å². The fourth-order valence-corrected chi connectivity index (χ4v) is 4.34. The zero-order chi connectivity index (χ0) is 17.2. The van der Waals surface area contributed by atoms with E-state index in [2.05, 4.69) is 15.3 Å². The van der Waals surface area contributed by atoms with Gasteiger partial charge in [-0.15, -0.1) is 0 Å². The highest BCUT2D eigenvalue weighted by atomic mass is 35.5. The number of anilines is 1. The SMILES string of the molecule is CS(=O)(=O)c1ccc(CNc2ncnc3c2CCCCC3)cc1Cl. The Balaban J connectivity index is 1.78. The molecule has 24 heavy (non-hydrogen) atoms. The van der Waals surface area contributed by atoms with Gasteiger partial charge >= 0.3 is 0 Å². The molecule has 1 aliphatic carbocycles. The molecule has 0 amide bonds. The summed E-state index contributed by atoms with van der Waals surface area (Å²) in [4.78, 5) is 8.94. The van der Waals surface area contributed by atoms with Crippen molar-refractivity contribution < 1.29 is 8.42 Å². The van der Waals surface area contributed by atoms with Crippen LogP contribution in [0.5, 0.6) is 0 Å². The summed E-state index contributed by atoms with van der Waals surface area (Å²) in [6.07, 6.45) is 8.30. The number of nitrogens with one attached hydrogen (secondary N) is 1. The van der Waals surface area contributed by atoms with Gasteiger partial charge in [0, 0.05) is 24.1 Å². The van der Waals surface area contributed by atoms with Crippen LogP contribution in [-0.4, -0.2) is 24.6 Å². The lowest BCUT2D eigenvalue weighted by Gasteiger charge is -2.13. The zero-order valence-electron chi connectivity index (χ0n) is 13.5. The van der Waals surface area contributed by atoms with Crippen LogP contribution >= 0.6 is 11.6 Å². The van der Waals surface area contributed by atoms with E-state index in [0.717, 1.165) is 42.6 Å². The number of hydrogen-bond donors (Lipinski definition) is 1. The third kappa shape index (κ3) is 3.87. The number of nitrogens with zero attached hydrogens (tertiary/aromatic N) is 2. The standard InChI is InChI=1S/C17H20ClN3O2S/c1-24(22,23)16-8-7-12(9-14(16)18)10-19-17-13-5-3-2-4-6-15(13)20-11-21-17/h7-9,11H,2-6,10H2,1H3,(H,19,20,21). The van der Waals surface area contributed by atoms with Crippen LogP contribution in [0.4, 0.5) is 5.82 Å². The van der Waals surface area contributed by atoms with E-state index < -0.39 is 9.84 Å². The van der Waals surface area contributed by atoms with Crippen LogP contribution in [0.15, 0.2) is 29.4 Å². The first-order valence-corrected chi connectivity index (χ1v) is 10.3. The summed E-state index contributed by atoms with van der Waals surface area (Å²) in [5.41, 5.74) is 3.25. The number of rotatable bonds is 4. The van der Waals surface area contributed by atoms with Gasteiger partial charge in [0.1, 0.15) is 12.1 Å². The molecule has 0 unspecified atom stereocenters. The van der Waals surface area contributed by atoms with Gasteiger partial charge in [0.15, 0.2) is 9.84 Å². The molecule has 1 aromatic heterocycles. The monoisotopic (exact) mass is 365 g/mol. The predicted octanol–water partition coefficient (Wildman–Crippen LogP) is 3.41. The number of aromatic nitrogens is 2. The van der Waals surface area contributed by atoms with Crippen LogP contribution in [0.1, 0.15) is 36.1 Å². The normalized spacial score (nSPS) is 14.8. The van der Waals surface area contributed by atoms with E-state index in [0.29, 0.717) is 6.54 Å². The van der Waals surface area contributed by atoms with Gasteiger partial charge < -0.3 is 5.32 Å². The Bertz CT molecular complexity index is 853. The number of sulfone groups is 1. The van der Waals surface area contributed by atoms with Crippen molar-refractivity contribution in [2.75, 3.05) is 11.6 Å². The van der Waals surface area contributed by atoms with Crippen molar-refractivity contribution in [1.29, 1.82) is 0 Å². The number of fused-ring (bicyclic) bond motifs is 1. The molecule has 5 nitrogen and oxygen atoms in total. The molecule has 1 N–H and O–H groups in total. The fourth-order valence-electron chi connectivity index (χ4n) is 2.99. The summed E-state index contributed by atoms with van der Waals surface area (Å²) in [6, 6.07) is 5.01. The van der Waals surface area contributed by atoms with Gasteiger partial charge in [-0.1, -0.05) is 24.1 Å². The minimum Gasteiger partial charge on any atom is -0.366 e. The number of aryl methyl sites for hydroxylation is 1. The highest BCUT2D eigenvalue weighted by molar-refractivity contribution is 7.90. The summed E-state index contributed by atoms with van der Waals surface area (Å²) in [7, 11) is -3.31. The van der Waals surface area contributed by atoms with Crippen LogP contribution in [-0.2, 0) is 29.2 Å². The van der Waals surface area contributed by atoms with E-state index in [9.17, 15) is 8.42 Å². The van der Waals surface area contributed by atoms with Crippen molar-refractivity contribution >= 4 is 27.3 Å². The van der Waals surface area contributed by atoms with E-state index in [-0.39, 0.29) is 9.92 Å². The molecular weight excluding hydrogens is 346 g/mol. The average Bonchev–Trinajstić information content (AvgIpc) is 2.77. The van der Waals surface area contributed by atoms with Crippen molar-refractivity contribution in [2.24, 2.45) is 0 Å². The second kappa shape index (κ2) is 7.07. The van der Waals surface area contributed by atoms with Crippen LogP contribution in [0, 0.1) is 0 Å². The Morgan fingerprint density at radius 2 is 1.96 bits per heavy atom. The van der Waals surface area contributed by atoms with Crippen LogP contribution in [0.2, 0.25) is 5.02 Å². The first kappa shape index (κ1) is 17.2. The molecular formula is C17H20ClN3O2S. The van der Waals surface area contributed by atoms with Gasteiger partial charge in [0.2, 0.25) is 0 Å². The van der Waals surface area contributed by atoms with Gasteiger partial charge in [-0.25, -0.2) is 18.4 Å². The number of halogens is 1. The smallest absolute Gasteiger partial charge is 0.176 e. The fraction of sp³-hybridized carbons (Fsp3) is 0.412. The Hall–Kier alpha value is -1.66. The highest BCUT2D eigenvalue weighted by Gasteiger charge is 2.15. The Morgan fingerprint density at radius 3 is 2.71 bits per heavy atom. The number of hydrogen-bond acceptors (Lipinski definition) is 5. The minimum absolute atomic E-state index is 0.156. The maximum atomic E-state index is 11.6. The first-order chi connectivity index (χ1) is 11.4. The third-order valence-electron chi connectivity index (χ3n) is 4.23. The summed E-state index contributed by atoms with van der Waals surface area (Å²) in [5, 5.41) is 3.59. The molecule has 1 aromatic carbocycles. The van der Waals surface area contributed by atoms with Gasteiger partial charge in [0.25, 0.3) is 0 Å². The van der Waals surface area contributed by atoms with E-state index in [1.54, 1.807) is 24.5 Å². The van der Waals surface area contributed by atoms with E-state index >= 15 is 0 Å². The molecule has 0 aliphatic heterocycles. The second-order valence-corrected chi connectivity index (χ2v) is 8.49. The Labute approximate surface area is 147 Å². The van der Waals surface area contributed by atoms with Crippen LogP contribution in [0.3, 0.4) is 0 Å². The largest absolute Gasteiger partial charge is 0.366 e. The van der Waals surface area contributed by atoms with Crippen molar-refractivity contribution in [3.8, 4) is 0 Å². The summed E-state index contributed by atoms with van der Waals surface area (Å²) < 4.78 is 23.2. The third-order valence-corrected chi connectivity index (χ3v) is 5.81. The summed E-state index contributed by atoms with van der Waals surface area (Å²) in [5.74, 6) is 0.866. The molecule has 0 spiro atoms. The first-order valence-electron chi connectivity index (χ1n) is 8.00. The lowest BCUT2D eigenvalue weighted by atomic mass is 10.1. The van der Waals surface area contributed by atoms with E-state index in [4.69, 9.17) is 11.6 Å². The van der Waals surface area contributed by atoms with Gasteiger partial charge in [-0.3, -0.25) is 0 Å². The molecule has 2 aromatic rings. The topological polar surface area (TPSA) is 72.0 Å². The molecule has 128 valence electrons. The molecule has 0 radical (unpaired) electrons. The van der Waals surface area contributed by atoms with Crippen molar-refractivity contribution in [3.05, 3.63) is 46.4 Å². The predicted molar refractivity (Wildman–Crippen MR) is 95.2 cm³/mol. The molecule has 7 heteroatoms. The average molecular weight is 366 g/mol. The molecule has 0 saturated heterocycles. The van der Waals surface area contributed by atoms with E-state index in [1.807, 2.05) is 0 Å². The van der Waals surface area contributed by atoms with E-state index in [1.165, 1.54) is 18.4 Å². The van der Waals surface area contributed by atoms with Crippen LogP contribution < -0.4 is 5.32 Å². The quantitative estimate of drug-likeness (QED) is 0.840. The molecule has 0 bridgehead atoms. The molecule has 3 rings (SSSR count).